The monoisotopic (exact) mass is 528 g/mol. The second-order valence-electron chi connectivity index (χ2n) is 9.56. The van der Waals surface area contributed by atoms with Gasteiger partial charge in [-0.15, -0.1) is 11.8 Å². The first-order valence-corrected chi connectivity index (χ1v) is 12.8. The van der Waals surface area contributed by atoms with Crippen molar-refractivity contribution in [1.29, 1.82) is 0 Å². The molecular weight excluding hydrogens is 500 g/mol. The van der Waals surface area contributed by atoms with Gasteiger partial charge >= 0.3 is 5.97 Å². The molecule has 4 amide bonds. The van der Waals surface area contributed by atoms with Crippen LogP contribution in [0.25, 0.3) is 0 Å². The van der Waals surface area contributed by atoms with Gasteiger partial charge in [-0.05, 0) is 30.4 Å². The van der Waals surface area contributed by atoms with E-state index in [-0.39, 0.29) is 17.4 Å². The molecule has 1 aromatic rings. The number of carbonyl (C=O) groups is 5. The molecule has 37 heavy (non-hydrogen) atoms. The Bertz CT molecular complexity index is 1230. The number of aliphatic hydroxyl groups excluding tert-OH is 1. The van der Waals surface area contributed by atoms with Gasteiger partial charge in [0, 0.05) is 5.75 Å². The number of aliphatic hydroxyl groups is 1. The maximum Gasteiger partial charge on any atom is 0.352 e. The number of aliphatic carboxylic acids is 1. The minimum atomic E-state index is -1.28. The summed E-state index contributed by atoms with van der Waals surface area (Å²) in [6.07, 6.45) is 0.433. The van der Waals surface area contributed by atoms with Crippen molar-refractivity contribution in [3.8, 4) is 0 Å². The highest BCUT2D eigenvalue weighted by atomic mass is 32.2. The average Bonchev–Trinajstić information content (AvgIpc) is 3.12. The lowest BCUT2D eigenvalue weighted by atomic mass is 10.0. The third kappa shape index (κ3) is 4.93. The normalized spacial score (nSPS) is 23.9. The first-order valence-electron chi connectivity index (χ1n) is 11.8. The summed E-state index contributed by atoms with van der Waals surface area (Å²) < 4.78 is 0. The van der Waals surface area contributed by atoms with Crippen LogP contribution in [0.3, 0.4) is 0 Å². The summed E-state index contributed by atoms with van der Waals surface area (Å²) in [5.74, 6) is -3.99. The topological polar surface area (TPSA) is 165 Å². The number of amides is 4. The summed E-state index contributed by atoms with van der Waals surface area (Å²) in [6.45, 7) is 5.47. The number of benzene rings is 1. The molecule has 4 atom stereocenters. The van der Waals surface area contributed by atoms with Gasteiger partial charge in [0.1, 0.15) is 34.5 Å². The molecule has 0 radical (unpaired) electrons. The standard InChI is InChI=1S/C25H28N4O7S/c1-11(2)9-14-19(30)15(20(31)26-14)21(32)27-16(13-7-5-4-6-8-13)22(33)28-17-23(34)29-18(25(35)36)12(3)10-37-24(17)29/h4-8,11,14,16-17,24,30H,9-10H2,1-3H3,(H,26,31)(H,27,32)(H,28,33)(H,35,36)/t14?,16-,17-,24-/m1/s1. The van der Waals surface area contributed by atoms with Gasteiger partial charge < -0.3 is 26.2 Å². The highest BCUT2D eigenvalue weighted by molar-refractivity contribution is 8.00. The number of nitrogens with zero attached hydrogens (tertiary/aromatic N) is 1. The van der Waals surface area contributed by atoms with Crippen molar-refractivity contribution >= 4 is 41.4 Å². The van der Waals surface area contributed by atoms with Crippen molar-refractivity contribution in [3.05, 3.63) is 58.5 Å². The minimum Gasteiger partial charge on any atom is -0.509 e. The summed E-state index contributed by atoms with van der Waals surface area (Å²) in [7, 11) is 0. The Balaban J connectivity index is 1.54. The molecule has 3 aliphatic heterocycles. The molecule has 0 bridgehead atoms. The van der Waals surface area contributed by atoms with Crippen LogP contribution in [0.5, 0.6) is 0 Å². The molecule has 11 nitrogen and oxygen atoms in total. The van der Waals surface area contributed by atoms with Gasteiger partial charge in [-0.2, -0.15) is 0 Å². The molecule has 12 heteroatoms. The Kier molecular flexibility index (Phi) is 7.30. The Morgan fingerprint density at radius 3 is 2.49 bits per heavy atom. The number of hydrogen-bond donors (Lipinski definition) is 5. The van der Waals surface area contributed by atoms with Crippen LogP contribution in [-0.2, 0) is 24.0 Å². The van der Waals surface area contributed by atoms with Crippen molar-refractivity contribution in [2.75, 3.05) is 5.75 Å². The molecule has 3 aliphatic rings. The van der Waals surface area contributed by atoms with Crippen LogP contribution in [0.15, 0.2) is 52.9 Å². The quantitative estimate of drug-likeness (QED) is 0.246. The van der Waals surface area contributed by atoms with Crippen molar-refractivity contribution in [3.63, 3.8) is 0 Å². The number of thioether (sulfide) groups is 1. The first kappa shape index (κ1) is 26.3. The van der Waals surface area contributed by atoms with Crippen LogP contribution < -0.4 is 16.0 Å². The van der Waals surface area contributed by atoms with E-state index in [4.69, 9.17) is 0 Å². The fourth-order valence-electron chi connectivity index (χ4n) is 4.61. The van der Waals surface area contributed by atoms with E-state index in [1.807, 2.05) is 13.8 Å². The number of carboxylic acids is 1. The summed E-state index contributed by atoms with van der Waals surface area (Å²) in [5.41, 5.74) is 0.407. The van der Waals surface area contributed by atoms with E-state index in [9.17, 15) is 34.2 Å². The Hall–Kier alpha value is -3.80. The summed E-state index contributed by atoms with van der Waals surface area (Å²) >= 11 is 1.33. The molecule has 1 aromatic carbocycles. The Morgan fingerprint density at radius 2 is 1.86 bits per heavy atom. The van der Waals surface area contributed by atoms with Crippen molar-refractivity contribution < 1.29 is 34.2 Å². The van der Waals surface area contributed by atoms with Crippen LogP contribution in [0.4, 0.5) is 0 Å². The molecule has 196 valence electrons. The summed E-state index contributed by atoms with van der Waals surface area (Å²) in [6, 6.07) is 5.31. The zero-order valence-corrected chi connectivity index (χ0v) is 21.3. The Morgan fingerprint density at radius 1 is 1.19 bits per heavy atom. The van der Waals surface area contributed by atoms with Gasteiger partial charge in [0.15, 0.2) is 0 Å². The minimum absolute atomic E-state index is 0.0854. The molecule has 1 saturated heterocycles. The van der Waals surface area contributed by atoms with Crippen LogP contribution in [0, 0.1) is 5.92 Å². The average molecular weight is 529 g/mol. The zero-order valence-electron chi connectivity index (χ0n) is 20.5. The third-order valence-electron chi connectivity index (χ3n) is 6.38. The van der Waals surface area contributed by atoms with E-state index in [1.54, 1.807) is 37.3 Å². The molecule has 3 heterocycles. The smallest absolute Gasteiger partial charge is 0.352 e. The Labute approximate surface area is 217 Å². The van der Waals surface area contributed by atoms with E-state index >= 15 is 0 Å². The zero-order chi connectivity index (χ0) is 27.0. The molecule has 0 aromatic heterocycles. The highest BCUT2D eigenvalue weighted by Crippen LogP contribution is 2.40. The number of β-lactam (4-membered cyclic amide) rings is 1. The molecule has 0 aliphatic carbocycles. The number of hydrogen-bond acceptors (Lipinski definition) is 7. The number of carboxylic acid groups (broad SMARTS) is 1. The van der Waals surface area contributed by atoms with Crippen molar-refractivity contribution in [2.24, 2.45) is 5.92 Å². The fraction of sp³-hybridized carbons (Fsp3) is 0.400. The summed E-state index contributed by atoms with van der Waals surface area (Å²) in [4.78, 5) is 64.5. The van der Waals surface area contributed by atoms with Gasteiger partial charge in [0.25, 0.3) is 17.7 Å². The molecular formula is C25H28N4O7S. The lowest BCUT2D eigenvalue weighted by molar-refractivity contribution is -0.151. The van der Waals surface area contributed by atoms with Crippen LogP contribution in [0.2, 0.25) is 0 Å². The number of fused-ring (bicyclic) bond motifs is 1. The largest absolute Gasteiger partial charge is 0.509 e. The maximum atomic E-state index is 13.4. The predicted octanol–water partition coefficient (Wildman–Crippen LogP) is 0.959. The second kappa shape index (κ2) is 10.3. The van der Waals surface area contributed by atoms with Crippen LogP contribution >= 0.6 is 11.8 Å². The lowest BCUT2D eigenvalue weighted by Crippen LogP contribution is -2.71. The van der Waals surface area contributed by atoms with Crippen LogP contribution in [-0.4, -0.2) is 67.9 Å². The van der Waals surface area contributed by atoms with Crippen molar-refractivity contribution in [2.45, 2.75) is 50.7 Å². The van der Waals surface area contributed by atoms with E-state index < -0.39 is 58.7 Å². The van der Waals surface area contributed by atoms with Gasteiger partial charge in [0.2, 0.25) is 5.91 Å². The van der Waals surface area contributed by atoms with Gasteiger partial charge in [0.05, 0.1) is 6.04 Å². The number of nitrogens with one attached hydrogen (secondary N) is 3. The van der Waals surface area contributed by atoms with E-state index in [0.717, 1.165) is 4.90 Å². The molecule has 1 unspecified atom stereocenters. The fourth-order valence-corrected chi connectivity index (χ4v) is 5.90. The lowest BCUT2D eigenvalue weighted by Gasteiger charge is -2.49. The molecule has 0 spiro atoms. The van der Waals surface area contributed by atoms with Crippen LogP contribution in [0.1, 0.15) is 38.8 Å². The van der Waals surface area contributed by atoms with E-state index in [2.05, 4.69) is 16.0 Å². The first-order chi connectivity index (χ1) is 17.5. The molecule has 1 fully saturated rings. The van der Waals surface area contributed by atoms with Gasteiger partial charge in [-0.25, -0.2) is 4.79 Å². The maximum absolute atomic E-state index is 13.4. The summed E-state index contributed by atoms with van der Waals surface area (Å²) in [5, 5.41) is 27.2. The molecule has 4 rings (SSSR count). The van der Waals surface area contributed by atoms with Gasteiger partial charge in [-0.3, -0.25) is 24.1 Å². The van der Waals surface area contributed by atoms with Gasteiger partial charge in [-0.1, -0.05) is 44.2 Å². The van der Waals surface area contributed by atoms with Crippen molar-refractivity contribution in [1.82, 2.24) is 20.9 Å². The number of rotatable bonds is 8. The third-order valence-corrected chi connectivity index (χ3v) is 7.81. The predicted molar refractivity (Wildman–Crippen MR) is 134 cm³/mol. The number of carbonyl (C=O) groups excluding carboxylic acids is 4. The molecule has 0 saturated carbocycles. The second-order valence-corrected chi connectivity index (χ2v) is 10.7. The van der Waals surface area contributed by atoms with E-state index in [0.29, 0.717) is 23.3 Å². The SMILES string of the molecule is CC1=C(C(=O)O)N2C(=O)[C@@H](NC(=O)[C@H](NC(=O)C3=C(O)C(CC(C)C)NC3=O)c3ccccc3)[C@H]2SC1. The molecule has 5 N–H and O–H groups in total. The van der Waals surface area contributed by atoms with E-state index in [1.165, 1.54) is 11.8 Å². The highest BCUT2D eigenvalue weighted by Gasteiger charge is 2.54.